The number of rotatable bonds is 4. The van der Waals surface area contributed by atoms with E-state index in [0.717, 1.165) is 18.4 Å². The van der Waals surface area contributed by atoms with E-state index in [4.69, 9.17) is 9.47 Å². The summed E-state index contributed by atoms with van der Waals surface area (Å²) >= 11 is 0. The van der Waals surface area contributed by atoms with E-state index in [1.165, 1.54) is 17.5 Å². The minimum Gasteiger partial charge on any atom is -0.493 e. The average molecular weight is 303 g/mol. The summed E-state index contributed by atoms with van der Waals surface area (Å²) in [5, 5.41) is 9.02. The summed E-state index contributed by atoms with van der Waals surface area (Å²) in [7, 11) is 3.11. The number of aromatic nitrogens is 2. The van der Waals surface area contributed by atoms with Crippen molar-refractivity contribution < 1.29 is 9.47 Å². The molecule has 1 fully saturated rings. The van der Waals surface area contributed by atoms with Gasteiger partial charge in [-0.05, 0) is 31.5 Å². The molecular formula is C16H21N3O3. The second kappa shape index (κ2) is 6.36. The van der Waals surface area contributed by atoms with E-state index in [-0.39, 0.29) is 5.56 Å². The predicted molar refractivity (Wildman–Crippen MR) is 84.7 cm³/mol. The minimum absolute atomic E-state index is 0.138. The van der Waals surface area contributed by atoms with Gasteiger partial charge in [0, 0.05) is 11.4 Å². The van der Waals surface area contributed by atoms with Gasteiger partial charge in [-0.1, -0.05) is 6.42 Å². The van der Waals surface area contributed by atoms with Gasteiger partial charge in [0.1, 0.15) is 0 Å². The standard InChI is InChI=1S/C16H21N3O3/c1-21-13-7-6-11-9-18-19(10-12-5-3-4-8-17-12)16(20)14(11)15(13)22-2/h6-7,9,12,17H,3-5,8,10H2,1-2H3. The Hall–Kier alpha value is -2.08. The lowest BCUT2D eigenvalue weighted by Crippen LogP contribution is -2.40. The first-order valence-corrected chi connectivity index (χ1v) is 7.58. The number of piperidine rings is 1. The molecule has 2 heterocycles. The maximum absolute atomic E-state index is 12.8. The summed E-state index contributed by atoms with van der Waals surface area (Å²) in [5.41, 5.74) is -0.138. The normalized spacial score (nSPS) is 18.4. The lowest BCUT2D eigenvalue weighted by Gasteiger charge is -2.23. The Morgan fingerprint density at radius 2 is 2.18 bits per heavy atom. The second-order valence-electron chi connectivity index (χ2n) is 5.54. The summed E-state index contributed by atoms with van der Waals surface area (Å²) in [6.45, 7) is 1.58. The molecule has 0 amide bonds. The van der Waals surface area contributed by atoms with Crippen molar-refractivity contribution in [2.75, 3.05) is 20.8 Å². The topological polar surface area (TPSA) is 65.4 Å². The molecule has 3 rings (SSSR count). The summed E-state index contributed by atoms with van der Waals surface area (Å²) < 4.78 is 12.2. The fraction of sp³-hybridized carbons (Fsp3) is 0.500. The number of benzene rings is 1. The van der Waals surface area contributed by atoms with Gasteiger partial charge in [-0.15, -0.1) is 0 Å². The summed E-state index contributed by atoms with van der Waals surface area (Å²) in [6.07, 6.45) is 5.17. The summed E-state index contributed by atoms with van der Waals surface area (Å²) in [6, 6.07) is 3.91. The average Bonchev–Trinajstić information content (AvgIpc) is 2.57. The first kappa shape index (κ1) is 14.8. The molecule has 1 aliphatic heterocycles. The van der Waals surface area contributed by atoms with Crippen molar-refractivity contribution in [1.29, 1.82) is 0 Å². The maximum Gasteiger partial charge on any atom is 0.278 e. The summed E-state index contributed by atoms with van der Waals surface area (Å²) in [4.78, 5) is 12.8. The number of hydrogen-bond acceptors (Lipinski definition) is 5. The van der Waals surface area contributed by atoms with Crippen LogP contribution in [0.15, 0.2) is 23.1 Å². The molecule has 1 aromatic carbocycles. The molecule has 0 bridgehead atoms. The molecule has 2 aromatic rings. The third-order valence-corrected chi connectivity index (χ3v) is 4.17. The molecule has 1 aliphatic rings. The van der Waals surface area contributed by atoms with Gasteiger partial charge in [-0.25, -0.2) is 4.68 Å². The van der Waals surface area contributed by atoms with Crippen molar-refractivity contribution in [3.8, 4) is 11.5 Å². The number of methoxy groups -OCH3 is 2. The van der Waals surface area contributed by atoms with Crippen LogP contribution in [-0.4, -0.2) is 36.6 Å². The molecular weight excluding hydrogens is 282 g/mol. The van der Waals surface area contributed by atoms with Crippen LogP contribution in [0.2, 0.25) is 0 Å². The third kappa shape index (κ3) is 2.66. The fourth-order valence-electron chi connectivity index (χ4n) is 3.00. The van der Waals surface area contributed by atoms with Crippen molar-refractivity contribution in [2.45, 2.75) is 31.8 Å². The predicted octanol–water partition coefficient (Wildman–Crippen LogP) is 1.56. The van der Waals surface area contributed by atoms with Gasteiger partial charge in [0.2, 0.25) is 0 Å². The summed E-state index contributed by atoms with van der Waals surface area (Å²) in [5.74, 6) is 1.03. The Morgan fingerprint density at radius 1 is 1.32 bits per heavy atom. The monoisotopic (exact) mass is 303 g/mol. The zero-order chi connectivity index (χ0) is 15.5. The number of ether oxygens (including phenoxy) is 2. The molecule has 1 N–H and O–H groups in total. The highest BCUT2D eigenvalue weighted by Crippen LogP contribution is 2.32. The van der Waals surface area contributed by atoms with E-state index >= 15 is 0 Å². The van der Waals surface area contributed by atoms with Gasteiger partial charge >= 0.3 is 0 Å². The molecule has 22 heavy (non-hydrogen) atoms. The lowest BCUT2D eigenvalue weighted by molar-refractivity contribution is 0.344. The zero-order valence-corrected chi connectivity index (χ0v) is 13.0. The minimum atomic E-state index is -0.138. The number of fused-ring (bicyclic) bond motifs is 1. The van der Waals surface area contributed by atoms with Crippen molar-refractivity contribution >= 4 is 10.8 Å². The van der Waals surface area contributed by atoms with Gasteiger partial charge in [-0.3, -0.25) is 4.79 Å². The molecule has 118 valence electrons. The quantitative estimate of drug-likeness (QED) is 0.928. The molecule has 1 aromatic heterocycles. The molecule has 6 nitrogen and oxygen atoms in total. The molecule has 1 atom stereocenters. The number of nitrogens with one attached hydrogen (secondary N) is 1. The zero-order valence-electron chi connectivity index (χ0n) is 13.0. The van der Waals surface area contributed by atoms with Crippen LogP contribution in [0.1, 0.15) is 19.3 Å². The van der Waals surface area contributed by atoms with E-state index in [0.29, 0.717) is 29.5 Å². The first-order valence-electron chi connectivity index (χ1n) is 7.58. The number of nitrogens with zero attached hydrogens (tertiary/aromatic N) is 2. The van der Waals surface area contributed by atoms with Gasteiger partial charge in [0.15, 0.2) is 11.5 Å². The Morgan fingerprint density at radius 3 is 2.86 bits per heavy atom. The Bertz CT molecular complexity index is 720. The Kier molecular flexibility index (Phi) is 4.29. The van der Waals surface area contributed by atoms with Gasteiger partial charge < -0.3 is 14.8 Å². The molecule has 0 saturated carbocycles. The van der Waals surface area contributed by atoms with Crippen molar-refractivity contribution in [1.82, 2.24) is 15.1 Å². The highest BCUT2D eigenvalue weighted by Gasteiger charge is 2.18. The third-order valence-electron chi connectivity index (χ3n) is 4.17. The van der Waals surface area contributed by atoms with Gasteiger partial charge in [-0.2, -0.15) is 5.10 Å². The van der Waals surface area contributed by atoms with E-state index in [1.807, 2.05) is 6.07 Å². The second-order valence-corrected chi connectivity index (χ2v) is 5.54. The van der Waals surface area contributed by atoms with E-state index in [9.17, 15) is 4.79 Å². The van der Waals surface area contributed by atoms with Crippen LogP contribution in [0.5, 0.6) is 11.5 Å². The molecule has 6 heteroatoms. The highest BCUT2D eigenvalue weighted by atomic mass is 16.5. The van der Waals surface area contributed by atoms with Gasteiger partial charge in [0.05, 0.1) is 32.3 Å². The smallest absolute Gasteiger partial charge is 0.278 e. The lowest BCUT2D eigenvalue weighted by atomic mass is 10.1. The molecule has 0 spiro atoms. The van der Waals surface area contributed by atoms with Crippen LogP contribution in [0.3, 0.4) is 0 Å². The van der Waals surface area contributed by atoms with Crippen LogP contribution in [0, 0.1) is 0 Å². The van der Waals surface area contributed by atoms with Gasteiger partial charge in [0.25, 0.3) is 5.56 Å². The van der Waals surface area contributed by atoms with Crippen molar-refractivity contribution in [3.05, 3.63) is 28.7 Å². The maximum atomic E-state index is 12.8. The fourth-order valence-corrected chi connectivity index (χ4v) is 3.00. The van der Waals surface area contributed by atoms with Crippen LogP contribution in [-0.2, 0) is 6.54 Å². The molecule has 1 saturated heterocycles. The molecule has 0 aliphatic carbocycles. The highest BCUT2D eigenvalue weighted by molar-refractivity contribution is 5.89. The Labute approximate surface area is 129 Å². The first-order chi connectivity index (χ1) is 10.7. The van der Waals surface area contributed by atoms with E-state index in [2.05, 4.69) is 10.4 Å². The van der Waals surface area contributed by atoms with Crippen LogP contribution >= 0.6 is 0 Å². The van der Waals surface area contributed by atoms with Crippen LogP contribution in [0.25, 0.3) is 10.8 Å². The van der Waals surface area contributed by atoms with E-state index in [1.54, 1.807) is 26.5 Å². The molecule has 1 unspecified atom stereocenters. The van der Waals surface area contributed by atoms with Crippen molar-refractivity contribution in [3.63, 3.8) is 0 Å². The van der Waals surface area contributed by atoms with Crippen molar-refractivity contribution in [2.24, 2.45) is 0 Å². The van der Waals surface area contributed by atoms with Crippen LogP contribution < -0.4 is 20.3 Å². The SMILES string of the molecule is COc1ccc2cnn(CC3CCCCN3)c(=O)c2c1OC. The Balaban J connectivity index is 2.05. The number of hydrogen-bond donors (Lipinski definition) is 1. The largest absolute Gasteiger partial charge is 0.493 e. The van der Waals surface area contributed by atoms with E-state index < -0.39 is 0 Å². The molecule has 0 radical (unpaired) electrons. The van der Waals surface area contributed by atoms with Crippen LogP contribution in [0.4, 0.5) is 0 Å².